The van der Waals surface area contributed by atoms with Gasteiger partial charge in [0.1, 0.15) is 11.8 Å². The second-order valence-electron chi connectivity index (χ2n) is 6.97. The molecule has 0 fully saturated rings. The minimum absolute atomic E-state index is 0.439. The first-order chi connectivity index (χ1) is 14.3. The molecular weight excluding hydrogens is 400 g/mol. The van der Waals surface area contributed by atoms with Crippen molar-refractivity contribution in [3.8, 4) is 11.5 Å². The van der Waals surface area contributed by atoms with Crippen LogP contribution in [0.1, 0.15) is 12.5 Å². The molecule has 3 aromatic rings. The molecule has 0 aromatic heterocycles. The van der Waals surface area contributed by atoms with Crippen molar-refractivity contribution in [3.63, 3.8) is 0 Å². The Hall–Kier alpha value is -3.32. The molecule has 6 nitrogen and oxygen atoms in total. The number of anilines is 2. The highest BCUT2D eigenvalue weighted by molar-refractivity contribution is 7.92. The molecule has 0 unspecified atom stereocenters. The fraction of sp³-hybridized carbons (Fsp3) is 0.174. The van der Waals surface area contributed by atoms with Crippen LogP contribution in [0.2, 0.25) is 0 Å². The molecule has 0 aliphatic heterocycles. The Morgan fingerprint density at radius 1 is 0.967 bits per heavy atom. The summed E-state index contributed by atoms with van der Waals surface area (Å²) >= 11 is 0. The zero-order valence-corrected chi connectivity index (χ0v) is 17.9. The van der Waals surface area contributed by atoms with Crippen molar-refractivity contribution < 1.29 is 17.9 Å². The molecule has 0 bridgehead atoms. The predicted octanol–water partition coefficient (Wildman–Crippen LogP) is 4.58. The van der Waals surface area contributed by atoms with Crippen molar-refractivity contribution in [1.82, 2.24) is 0 Å². The van der Waals surface area contributed by atoms with Crippen molar-refractivity contribution in [2.75, 3.05) is 15.9 Å². The molecule has 0 spiro atoms. The number of benzene rings is 3. The first-order valence-corrected chi connectivity index (χ1v) is 11.3. The Labute approximate surface area is 177 Å². The highest BCUT2D eigenvalue weighted by atomic mass is 32.2. The molecule has 1 amide bonds. The lowest BCUT2D eigenvalue weighted by atomic mass is 10.2. The van der Waals surface area contributed by atoms with Crippen LogP contribution in [0.3, 0.4) is 0 Å². The van der Waals surface area contributed by atoms with Crippen LogP contribution in [0.5, 0.6) is 11.5 Å². The molecule has 3 aromatic carbocycles. The standard InChI is InChI=1S/C23H24N2O4S/c1-17-10-9-11-19(16-17)25(30(3,27)28)18(2)23(26)24-21-14-7-8-15-22(21)29-20-12-5-4-6-13-20/h4-16,18H,1-3H3,(H,24,26)/t18-/m1/s1. The number of rotatable bonds is 7. The average molecular weight is 425 g/mol. The molecule has 0 saturated carbocycles. The molecule has 30 heavy (non-hydrogen) atoms. The third kappa shape index (κ3) is 5.18. The first kappa shape index (κ1) is 21.4. The number of nitrogens with one attached hydrogen (secondary N) is 1. The number of ether oxygens (including phenoxy) is 1. The summed E-state index contributed by atoms with van der Waals surface area (Å²) in [5, 5.41) is 2.80. The minimum Gasteiger partial charge on any atom is -0.455 e. The van der Waals surface area contributed by atoms with E-state index in [0.717, 1.165) is 16.1 Å². The van der Waals surface area contributed by atoms with Crippen LogP contribution in [0, 0.1) is 6.92 Å². The van der Waals surface area contributed by atoms with Gasteiger partial charge in [-0.15, -0.1) is 0 Å². The maximum absolute atomic E-state index is 13.0. The molecule has 0 aliphatic carbocycles. The van der Waals surface area contributed by atoms with E-state index in [9.17, 15) is 13.2 Å². The zero-order valence-electron chi connectivity index (χ0n) is 17.1. The molecule has 156 valence electrons. The van der Waals surface area contributed by atoms with Crippen molar-refractivity contribution in [3.05, 3.63) is 84.4 Å². The lowest BCUT2D eigenvalue weighted by Gasteiger charge is -2.28. The van der Waals surface area contributed by atoms with E-state index in [1.807, 2.05) is 43.3 Å². The number of amides is 1. The molecule has 3 rings (SSSR count). The normalized spacial score (nSPS) is 12.1. The van der Waals surface area contributed by atoms with E-state index in [2.05, 4.69) is 5.32 Å². The Kier molecular flexibility index (Phi) is 6.42. The molecule has 1 N–H and O–H groups in total. The van der Waals surface area contributed by atoms with Crippen LogP contribution >= 0.6 is 0 Å². The minimum atomic E-state index is -3.69. The van der Waals surface area contributed by atoms with Gasteiger partial charge in [-0.3, -0.25) is 9.10 Å². The summed E-state index contributed by atoms with van der Waals surface area (Å²) in [6.07, 6.45) is 1.09. The third-order valence-corrected chi connectivity index (χ3v) is 5.70. The summed E-state index contributed by atoms with van der Waals surface area (Å²) in [6, 6.07) is 22.3. The Morgan fingerprint density at radius 3 is 2.30 bits per heavy atom. The summed E-state index contributed by atoms with van der Waals surface area (Å²) in [6.45, 7) is 3.42. The summed E-state index contributed by atoms with van der Waals surface area (Å²) in [5.74, 6) is 0.626. The predicted molar refractivity (Wildman–Crippen MR) is 120 cm³/mol. The van der Waals surface area contributed by atoms with Gasteiger partial charge in [-0.2, -0.15) is 0 Å². The summed E-state index contributed by atoms with van der Waals surface area (Å²) in [4.78, 5) is 13.0. The molecule has 0 heterocycles. The van der Waals surface area contributed by atoms with Crippen LogP contribution in [0.15, 0.2) is 78.9 Å². The Morgan fingerprint density at radius 2 is 1.63 bits per heavy atom. The fourth-order valence-corrected chi connectivity index (χ4v) is 4.25. The Bertz CT molecular complexity index is 1130. The van der Waals surface area contributed by atoms with Gasteiger partial charge in [0.05, 0.1) is 17.6 Å². The summed E-state index contributed by atoms with van der Waals surface area (Å²) in [7, 11) is -3.69. The van der Waals surface area contributed by atoms with Gasteiger partial charge < -0.3 is 10.1 Å². The molecule has 0 radical (unpaired) electrons. The van der Waals surface area contributed by atoms with Gasteiger partial charge in [-0.1, -0.05) is 42.5 Å². The first-order valence-electron chi connectivity index (χ1n) is 9.44. The monoisotopic (exact) mass is 424 g/mol. The van der Waals surface area contributed by atoms with Crippen LogP contribution in [-0.4, -0.2) is 26.6 Å². The molecule has 7 heteroatoms. The van der Waals surface area contributed by atoms with E-state index in [0.29, 0.717) is 22.9 Å². The van der Waals surface area contributed by atoms with E-state index in [1.165, 1.54) is 0 Å². The zero-order chi connectivity index (χ0) is 21.7. The van der Waals surface area contributed by atoms with Gasteiger partial charge in [0.25, 0.3) is 0 Å². The van der Waals surface area contributed by atoms with Crippen LogP contribution in [0.25, 0.3) is 0 Å². The van der Waals surface area contributed by atoms with E-state index in [1.54, 1.807) is 49.4 Å². The number of hydrogen-bond donors (Lipinski definition) is 1. The SMILES string of the molecule is Cc1cccc(N([C@H](C)C(=O)Nc2ccccc2Oc2ccccc2)S(C)(=O)=O)c1. The van der Waals surface area contributed by atoms with E-state index >= 15 is 0 Å². The smallest absolute Gasteiger partial charge is 0.248 e. The fourth-order valence-electron chi connectivity index (χ4n) is 3.09. The van der Waals surface area contributed by atoms with Crippen molar-refractivity contribution in [2.45, 2.75) is 19.9 Å². The quantitative estimate of drug-likeness (QED) is 0.602. The third-order valence-electron chi connectivity index (χ3n) is 4.46. The van der Waals surface area contributed by atoms with Crippen LogP contribution in [-0.2, 0) is 14.8 Å². The van der Waals surface area contributed by atoms with E-state index < -0.39 is 22.0 Å². The van der Waals surface area contributed by atoms with E-state index in [-0.39, 0.29) is 0 Å². The second kappa shape index (κ2) is 9.00. The van der Waals surface area contributed by atoms with Gasteiger partial charge in [0, 0.05) is 0 Å². The maximum Gasteiger partial charge on any atom is 0.248 e. The second-order valence-corrected chi connectivity index (χ2v) is 8.83. The lowest BCUT2D eigenvalue weighted by Crippen LogP contribution is -2.45. The van der Waals surface area contributed by atoms with Crippen LogP contribution in [0.4, 0.5) is 11.4 Å². The number of nitrogens with zero attached hydrogens (tertiary/aromatic N) is 1. The molecular formula is C23H24N2O4S. The van der Waals surface area contributed by atoms with E-state index in [4.69, 9.17) is 4.74 Å². The largest absolute Gasteiger partial charge is 0.455 e. The summed E-state index contributed by atoms with van der Waals surface area (Å²) in [5.41, 5.74) is 1.79. The Balaban J connectivity index is 1.86. The van der Waals surface area contributed by atoms with Gasteiger partial charge in [-0.25, -0.2) is 8.42 Å². The maximum atomic E-state index is 13.0. The lowest BCUT2D eigenvalue weighted by molar-refractivity contribution is -0.116. The number of para-hydroxylation sites is 3. The van der Waals surface area contributed by atoms with Crippen LogP contribution < -0.4 is 14.4 Å². The van der Waals surface area contributed by atoms with Gasteiger partial charge in [0.2, 0.25) is 15.9 Å². The summed E-state index contributed by atoms with van der Waals surface area (Å²) < 4.78 is 31.9. The molecule has 1 atom stereocenters. The van der Waals surface area contributed by atoms with Crippen molar-refractivity contribution in [2.24, 2.45) is 0 Å². The number of sulfonamides is 1. The number of aryl methyl sites for hydroxylation is 1. The topological polar surface area (TPSA) is 75.7 Å². The molecule has 0 aliphatic rings. The number of carbonyl (C=O) groups excluding carboxylic acids is 1. The molecule has 0 saturated heterocycles. The van der Waals surface area contributed by atoms with Gasteiger partial charge in [-0.05, 0) is 55.8 Å². The van der Waals surface area contributed by atoms with Crippen molar-refractivity contribution in [1.29, 1.82) is 0 Å². The number of carbonyl (C=O) groups is 1. The average Bonchev–Trinajstić information content (AvgIpc) is 2.69. The highest BCUT2D eigenvalue weighted by Crippen LogP contribution is 2.30. The van der Waals surface area contributed by atoms with Gasteiger partial charge >= 0.3 is 0 Å². The van der Waals surface area contributed by atoms with Gasteiger partial charge in [0.15, 0.2) is 5.75 Å². The number of hydrogen-bond acceptors (Lipinski definition) is 4. The highest BCUT2D eigenvalue weighted by Gasteiger charge is 2.29. The van der Waals surface area contributed by atoms with Crippen molar-refractivity contribution >= 4 is 27.3 Å².